The van der Waals surface area contributed by atoms with E-state index in [1.165, 1.54) is 42.9 Å². The Morgan fingerprint density at radius 2 is 1.77 bits per heavy atom. The lowest BCUT2D eigenvalue weighted by atomic mass is 10.0. The Labute approximate surface area is 171 Å². The molecule has 3 heterocycles. The van der Waals surface area contributed by atoms with Crippen LogP contribution >= 0.6 is 0 Å². The third-order valence-electron chi connectivity index (χ3n) is 4.76. The van der Waals surface area contributed by atoms with Crippen LogP contribution in [-0.4, -0.2) is 27.3 Å². The summed E-state index contributed by atoms with van der Waals surface area (Å²) in [4.78, 5) is 29.2. The molecule has 0 aliphatic heterocycles. The fourth-order valence-corrected chi connectivity index (χ4v) is 3.26. The predicted molar refractivity (Wildman–Crippen MR) is 111 cm³/mol. The fraction of sp³-hybridized carbons (Fsp3) is 0.0435. The molecule has 3 aromatic heterocycles. The Kier molecular flexibility index (Phi) is 5.17. The van der Waals surface area contributed by atoms with Gasteiger partial charge in [0.2, 0.25) is 5.78 Å². The van der Waals surface area contributed by atoms with E-state index in [4.69, 9.17) is 0 Å². The molecule has 0 radical (unpaired) electrons. The summed E-state index contributed by atoms with van der Waals surface area (Å²) in [5, 5.41) is 4.07. The van der Waals surface area contributed by atoms with Crippen LogP contribution in [0.2, 0.25) is 0 Å². The molecule has 0 fully saturated rings. The molecule has 0 aliphatic rings. The smallest absolute Gasteiger partial charge is 0.271 e. The van der Waals surface area contributed by atoms with Gasteiger partial charge >= 0.3 is 0 Å². The van der Waals surface area contributed by atoms with Crippen molar-refractivity contribution in [1.29, 1.82) is 0 Å². The molecule has 1 amide bonds. The molecule has 4 aromatic rings. The second-order valence-electron chi connectivity index (χ2n) is 6.61. The Morgan fingerprint density at radius 3 is 2.50 bits per heavy atom. The number of aromatic nitrogens is 2. The zero-order valence-electron chi connectivity index (χ0n) is 16.0. The van der Waals surface area contributed by atoms with E-state index in [1.807, 2.05) is 25.1 Å². The molecule has 30 heavy (non-hydrogen) atoms. The quantitative estimate of drug-likeness (QED) is 0.315. The van der Waals surface area contributed by atoms with E-state index in [9.17, 15) is 14.0 Å². The highest BCUT2D eigenvalue weighted by molar-refractivity contribution is 6.12. The summed E-state index contributed by atoms with van der Waals surface area (Å²) in [6.45, 7) is 1.82. The summed E-state index contributed by atoms with van der Waals surface area (Å²) >= 11 is 0. The van der Waals surface area contributed by atoms with Crippen LogP contribution in [0, 0.1) is 12.7 Å². The van der Waals surface area contributed by atoms with E-state index >= 15 is 0 Å². The topological polar surface area (TPSA) is 75.8 Å². The lowest BCUT2D eigenvalue weighted by Gasteiger charge is -2.04. The van der Waals surface area contributed by atoms with Crippen molar-refractivity contribution in [2.24, 2.45) is 5.10 Å². The van der Waals surface area contributed by atoms with Gasteiger partial charge in [-0.25, -0.2) is 9.82 Å². The number of hydrogen-bond donors (Lipinski definition) is 1. The van der Waals surface area contributed by atoms with Crippen LogP contribution in [0.15, 0.2) is 78.3 Å². The van der Waals surface area contributed by atoms with E-state index in [0.717, 1.165) is 5.52 Å². The Morgan fingerprint density at radius 1 is 1.03 bits per heavy atom. The van der Waals surface area contributed by atoms with Crippen LogP contribution in [0.3, 0.4) is 0 Å². The summed E-state index contributed by atoms with van der Waals surface area (Å²) in [5.74, 6) is -0.993. The molecule has 4 rings (SSSR count). The standard InChI is InChI=1S/C23H17FN4O2/c1-15-19(14-26-27-23(30)17-9-11-25-12-10-17)20-4-2-3-13-28(20)21(15)22(29)16-5-7-18(24)8-6-16/h2-14H,1H3,(H,27,30)/b26-14+. The molecule has 0 bridgehead atoms. The summed E-state index contributed by atoms with van der Waals surface area (Å²) in [5.41, 5.74) is 5.94. The van der Waals surface area contributed by atoms with E-state index in [1.54, 1.807) is 22.7 Å². The number of carbonyl (C=O) groups is 2. The Bertz CT molecular complexity index is 1260. The van der Waals surface area contributed by atoms with E-state index in [2.05, 4.69) is 15.5 Å². The average molecular weight is 400 g/mol. The highest BCUT2D eigenvalue weighted by atomic mass is 19.1. The maximum absolute atomic E-state index is 13.2. The van der Waals surface area contributed by atoms with Crippen LogP contribution < -0.4 is 5.43 Å². The number of fused-ring (bicyclic) bond motifs is 1. The zero-order chi connectivity index (χ0) is 21.1. The van der Waals surface area contributed by atoms with Gasteiger partial charge < -0.3 is 4.40 Å². The van der Waals surface area contributed by atoms with Crippen molar-refractivity contribution < 1.29 is 14.0 Å². The number of rotatable bonds is 5. The third kappa shape index (κ3) is 3.60. The zero-order valence-corrected chi connectivity index (χ0v) is 16.0. The van der Waals surface area contributed by atoms with Crippen molar-refractivity contribution in [3.05, 3.63) is 107 Å². The Hall–Kier alpha value is -4.13. The van der Waals surface area contributed by atoms with Crippen molar-refractivity contribution in [1.82, 2.24) is 14.8 Å². The highest BCUT2D eigenvalue weighted by Gasteiger charge is 2.21. The normalized spacial score (nSPS) is 11.1. The molecule has 0 spiro atoms. The van der Waals surface area contributed by atoms with Crippen molar-refractivity contribution >= 4 is 23.4 Å². The minimum atomic E-state index is -0.402. The number of pyridine rings is 2. The van der Waals surface area contributed by atoms with Gasteiger partial charge in [0.05, 0.1) is 17.4 Å². The van der Waals surface area contributed by atoms with E-state index in [-0.39, 0.29) is 11.7 Å². The van der Waals surface area contributed by atoms with Gasteiger partial charge in [0.15, 0.2) is 0 Å². The van der Waals surface area contributed by atoms with Gasteiger partial charge in [0.25, 0.3) is 5.91 Å². The largest absolute Gasteiger partial charge is 0.313 e. The second-order valence-corrected chi connectivity index (χ2v) is 6.61. The second kappa shape index (κ2) is 8.08. The van der Waals surface area contributed by atoms with Gasteiger partial charge in [-0.2, -0.15) is 5.10 Å². The first-order chi connectivity index (χ1) is 14.6. The number of nitrogens with one attached hydrogen (secondary N) is 1. The lowest BCUT2D eigenvalue weighted by Crippen LogP contribution is -2.17. The number of amides is 1. The summed E-state index contributed by atoms with van der Waals surface area (Å²) in [6, 6.07) is 14.1. The van der Waals surface area contributed by atoms with Crippen LogP contribution in [0.5, 0.6) is 0 Å². The van der Waals surface area contributed by atoms with Crippen molar-refractivity contribution in [3.8, 4) is 0 Å². The molecule has 0 saturated heterocycles. The lowest BCUT2D eigenvalue weighted by molar-refractivity contribution is 0.0954. The van der Waals surface area contributed by atoms with E-state index in [0.29, 0.717) is 27.9 Å². The third-order valence-corrected chi connectivity index (χ3v) is 4.76. The summed E-state index contributed by atoms with van der Waals surface area (Å²) in [7, 11) is 0. The average Bonchev–Trinajstić information content (AvgIpc) is 3.06. The minimum Gasteiger partial charge on any atom is -0.313 e. The van der Waals surface area contributed by atoms with Gasteiger partial charge in [-0.1, -0.05) is 6.07 Å². The molecule has 6 nitrogen and oxygen atoms in total. The number of halogens is 1. The predicted octanol–water partition coefficient (Wildman–Crippen LogP) is 3.78. The van der Waals surface area contributed by atoms with Crippen molar-refractivity contribution in [2.75, 3.05) is 0 Å². The summed E-state index contributed by atoms with van der Waals surface area (Å²) in [6.07, 6.45) is 6.35. The molecule has 0 aliphatic carbocycles. The Balaban J connectivity index is 1.69. The number of hydrazone groups is 1. The highest BCUT2D eigenvalue weighted by Crippen LogP contribution is 2.24. The molecule has 7 heteroatoms. The number of nitrogens with zero attached hydrogens (tertiary/aromatic N) is 3. The van der Waals surface area contributed by atoms with Gasteiger partial charge in [0.1, 0.15) is 5.82 Å². The summed E-state index contributed by atoms with van der Waals surface area (Å²) < 4.78 is 15.0. The monoisotopic (exact) mass is 400 g/mol. The molecule has 148 valence electrons. The first kappa shape index (κ1) is 19.2. The molecule has 0 atom stereocenters. The fourth-order valence-electron chi connectivity index (χ4n) is 3.26. The molecule has 0 saturated carbocycles. The SMILES string of the molecule is Cc1c(/C=N/NC(=O)c2ccncc2)c2ccccn2c1C(=O)c1ccc(F)cc1. The number of benzene rings is 1. The van der Waals surface area contributed by atoms with E-state index < -0.39 is 5.82 Å². The van der Waals surface area contributed by atoms with Crippen molar-refractivity contribution in [2.45, 2.75) is 6.92 Å². The molecule has 1 aromatic carbocycles. The number of carbonyl (C=O) groups excluding carboxylic acids is 2. The van der Waals surface area contributed by atoms with Gasteiger partial charge in [0, 0.05) is 35.3 Å². The van der Waals surface area contributed by atoms with Crippen molar-refractivity contribution in [3.63, 3.8) is 0 Å². The van der Waals surface area contributed by atoms with Crippen LogP contribution in [-0.2, 0) is 0 Å². The number of hydrogen-bond acceptors (Lipinski definition) is 4. The number of ketones is 1. The van der Waals surface area contributed by atoms with Gasteiger partial charge in [-0.3, -0.25) is 14.6 Å². The van der Waals surface area contributed by atoms with Crippen LogP contribution in [0.25, 0.3) is 5.52 Å². The molecule has 0 unspecified atom stereocenters. The minimum absolute atomic E-state index is 0.228. The first-order valence-electron chi connectivity index (χ1n) is 9.19. The van der Waals surface area contributed by atoms with Gasteiger partial charge in [-0.05, 0) is 61.0 Å². The first-order valence-corrected chi connectivity index (χ1v) is 9.19. The molecular formula is C23H17FN4O2. The molecular weight excluding hydrogens is 383 g/mol. The van der Waals surface area contributed by atoms with Crippen LogP contribution in [0.1, 0.15) is 37.5 Å². The maximum atomic E-state index is 13.2. The molecule has 1 N–H and O–H groups in total. The van der Waals surface area contributed by atoms with Gasteiger partial charge in [-0.15, -0.1) is 0 Å². The van der Waals surface area contributed by atoms with Crippen LogP contribution in [0.4, 0.5) is 4.39 Å². The maximum Gasteiger partial charge on any atom is 0.271 e.